The monoisotopic (exact) mass is 342 g/mol. The van der Waals surface area contributed by atoms with E-state index in [1.807, 2.05) is 36.4 Å². The van der Waals surface area contributed by atoms with Crippen molar-refractivity contribution in [2.24, 2.45) is 5.10 Å². The summed E-state index contributed by atoms with van der Waals surface area (Å²) in [5.74, 6) is 0.240. The second-order valence-electron chi connectivity index (χ2n) is 5.52. The largest absolute Gasteiger partial charge is 0.463 e. The lowest BCUT2D eigenvalue weighted by atomic mass is 10.0. The Labute approximate surface area is 149 Å². The smallest absolute Gasteiger partial charge is 0.272 e. The lowest BCUT2D eigenvalue weighted by Gasteiger charge is -2.08. The van der Waals surface area contributed by atoms with Gasteiger partial charge in [0.05, 0.1) is 29.3 Å². The van der Waals surface area contributed by atoms with Gasteiger partial charge in [0, 0.05) is 23.3 Å². The van der Waals surface area contributed by atoms with Gasteiger partial charge in [-0.3, -0.25) is 9.78 Å². The van der Waals surface area contributed by atoms with Crippen LogP contribution >= 0.6 is 0 Å². The van der Waals surface area contributed by atoms with Crippen LogP contribution in [0.2, 0.25) is 0 Å². The third-order valence-corrected chi connectivity index (χ3v) is 3.84. The number of fused-ring (bicyclic) bond motifs is 1. The zero-order chi connectivity index (χ0) is 17.8. The van der Waals surface area contributed by atoms with Crippen LogP contribution in [-0.2, 0) is 0 Å². The minimum atomic E-state index is -0.318. The maximum absolute atomic E-state index is 12.7. The number of furan rings is 1. The van der Waals surface area contributed by atoms with Crippen LogP contribution in [0.5, 0.6) is 0 Å². The van der Waals surface area contributed by atoms with Gasteiger partial charge in [-0.2, -0.15) is 5.10 Å². The number of aromatic nitrogens is 2. The number of nitrogens with zero attached hydrogens (tertiary/aromatic N) is 3. The highest BCUT2D eigenvalue weighted by molar-refractivity contribution is 6.07. The molecular weight excluding hydrogens is 328 g/mol. The average molecular weight is 342 g/mol. The van der Waals surface area contributed by atoms with E-state index in [-0.39, 0.29) is 5.91 Å². The molecule has 0 aliphatic heterocycles. The number of amides is 1. The van der Waals surface area contributed by atoms with Gasteiger partial charge < -0.3 is 4.42 Å². The molecule has 1 amide bonds. The molecule has 0 saturated carbocycles. The highest BCUT2D eigenvalue weighted by Crippen LogP contribution is 2.24. The van der Waals surface area contributed by atoms with Crippen LogP contribution in [-0.4, -0.2) is 22.1 Å². The molecule has 3 heterocycles. The molecule has 3 aromatic heterocycles. The van der Waals surface area contributed by atoms with E-state index in [1.54, 1.807) is 36.9 Å². The van der Waals surface area contributed by atoms with E-state index in [1.165, 1.54) is 6.21 Å². The first kappa shape index (κ1) is 15.7. The van der Waals surface area contributed by atoms with Gasteiger partial charge in [-0.05, 0) is 36.4 Å². The number of carbonyl (C=O) groups excluding carboxylic acids is 1. The van der Waals surface area contributed by atoms with Gasteiger partial charge in [0.15, 0.2) is 0 Å². The van der Waals surface area contributed by atoms with Crippen LogP contribution < -0.4 is 5.43 Å². The highest BCUT2D eigenvalue weighted by atomic mass is 16.3. The lowest BCUT2D eigenvalue weighted by molar-refractivity contribution is 0.0956. The molecular formula is C20H14N4O2. The molecule has 0 bridgehead atoms. The summed E-state index contributed by atoms with van der Waals surface area (Å²) in [5.41, 5.74) is 5.36. The van der Waals surface area contributed by atoms with Crippen LogP contribution in [0.4, 0.5) is 0 Å². The van der Waals surface area contributed by atoms with E-state index < -0.39 is 0 Å². The fourth-order valence-corrected chi connectivity index (χ4v) is 2.61. The van der Waals surface area contributed by atoms with Crippen LogP contribution in [0.15, 0.2) is 82.8 Å². The quantitative estimate of drug-likeness (QED) is 0.453. The second kappa shape index (κ2) is 6.98. The van der Waals surface area contributed by atoms with E-state index in [4.69, 9.17) is 4.42 Å². The summed E-state index contributed by atoms with van der Waals surface area (Å²) in [5, 5.41) is 4.71. The molecule has 0 fully saturated rings. The Kier molecular flexibility index (Phi) is 4.22. The Morgan fingerprint density at radius 2 is 1.92 bits per heavy atom. The fraction of sp³-hybridized carbons (Fsp3) is 0. The molecule has 4 aromatic rings. The van der Waals surface area contributed by atoms with E-state index in [0.717, 1.165) is 16.5 Å². The number of hydrazone groups is 1. The molecule has 0 aliphatic rings. The van der Waals surface area contributed by atoms with Crippen molar-refractivity contribution in [2.45, 2.75) is 0 Å². The SMILES string of the molecule is O=C(NN=Cc1ccco1)c1cc(-c2ccncc2)nc2ccccc12. The van der Waals surface area contributed by atoms with Crippen molar-refractivity contribution in [1.82, 2.24) is 15.4 Å². The van der Waals surface area contributed by atoms with Crippen LogP contribution in [0, 0.1) is 0 Å². The molecule has 4 rings (SSSR count). The summed E-state index contributed by atoms with van der Waals surface area (Å²) in [6.07, 6.45) is 6.38. The minimum absolute atomic E-state index is 0.318. The Morgan fingerprint density at radius 3 is 2.73 bits per heavy atom. The zero-order valence-electron chi connectivity index (χ0n) is 13.7. The first-order chi connectivity index (χ1) is 12.8. The van der Waals surface area contributed by atoms with Gasteiger partial charge >= 0.3 is 0 Å². The van der Waals surface area contributed by atoms with Crippen molar-refractivity contribution in [1.29, 1.82) is 0 Å². The molecule has 0 atom stereocenters. The van der Waals surface area contributed by atoms with Crippen molar-refractivity contribution in [3.8, 4) is 11.3 Å². The summed E-state index contributed by atoms with van der Waals surface area (Å²) in [6, 6.07) is 16.5. The third kappa shape index (κ3) is 3.21. The summed E-state index contributed by atoms with van der Waals surface area (Å²) in [4.78, 5) is 21.3. The van der Waals surface area contributed by atoms with E-state index >= 15 is 0 Å². The molecule has 126 valence electrons. The van der Waals surface area contributed by atoms with Crippen LogP contribution in [0.25, 0.3) is 22.2 Å². The Hall–Kier alpha value is -3.80. The van der Waals surface area contributed by atoms with Crippen molar-refractivity contribution in [2.75, 3.05) is 0 Å². The standard InChI is InChI=1S/C20H14N4O2/c25-20(24-22-13-15-4-3-11-26-15)17-12-19(14-7-9-21-10-8-14)23-18-6-2-1-5-16(17)18/h1-13H,(H,24,25). The number of nitrogens with one attached hydrogen (secondary N) is 1. The van der Waals surface area contributed by atoms with E-state index in [9.17, 15) is 4.79 Å². The molecule has 0 unspecified atom stereocenters. The molecule has 0 aliphatic carbocycles. The number of rotatable bonds is 4. The summed E-state index contributed by atoms with van der Waals surface area (Å²) in [6.45, 7) is 0. The van der Waals surface area contributed by atoms with Gasteiger partial charge in [-0.1, -0.05) is 18.2 Å². The molecule has 26 heavy (non-hydrogen) atoms. The first-order valence-corrected chi connectivity index (χ1v) is 7.98. The second-order valence-corrected chi connectivity index (χ2v) is 5.52. The van der Waals surface area contributed by atoms with Crippen LogP contribution in [0.3, 0.4) is 0 Å². The average Bonchev–Trinajstić information content (AvgIpc) is 3.21. The molecule has 1 aromatic carbocycles. The van der Waals surface area contributed by atoms with Gasteiger partial charge in [0.2, 0.25) is 0 Å². The highest BCUT2D eigenvalue weighted by Gasteiger charge is 2.13. The molecule has 1 N–H and O–H groups in total. The molecule has 0 radical (unpaired) electrons. The molecule has 0 saturated heterocycles. The van der Waals surface area contributed by atoms with Crippen molar-refractivity contribution >= 4 is 23.0 Å². The van der Waals surface area contributed by atoms with Crippen molar-refractivity contribution < 1.29 is 9.21 Å². The fourth-order valence-electron chi connectivity index (χ4n) is 2.61. The normalized spacial score (nSPS) is 11.1. The van der Waals surface area contributed by atoms with Crippen molar-refractivity contribution in [3.63, 3.8) is 0 Å². The topological polar surface area (TPSA) is 80.4 Å². The predicted molar refractivity (Wildman–Crippen MR) is 98.7 cm³/mol. The number of hydrogen-bond donors (Lipinski definition) is 1. The van der Waals surface area contributed by atoms with Crippen molar-refractivity contribution in [3.05, 3.63) is 84.6 Å². The Morgan fingerprint density at radius 1 is 1.08 bits per heavy atom. The molecule has 0 spiro atoms. The Balaban J connectivity index is 1.72. The Bertz CT molecular complexity index is 1070. The predicted octanol–water partition coefficient (Wildman–Crippen LogP) is 3.65. The van der Waals surface area contributed by atoms with Gasteiger partial charge in [0.25, 0.3) is 5.91 Å². The number of benzene rings is 1. The summed E-state index contributed by atoms with van der Waals surface area (Å²) in [7, 11) is 0. The zero-order valence-corrected chi connectivity index (χ0v) is 13.7. The number of carbonyl (C=O) groups is 1. The summed E-state index contributed by atoms with van der Waals surface area (Å²) < 4.78 is 5.15. The van der Waals surface area contributed by atoms with E-state index in [2.05, 4.69) is 20.5 Å². The molecule has 6 nitrogen and oxygen atoms in total. The van der Waals surface area contributed by atoms with Crippen LogP contribution in [0.1, 0.15) is 16.1 Å². The maximum atomic E-state index is 12.7. The maximum Gasteiger partial charge on any atom is 0.272 e. The van der Waals surface area contributed by atoms with E-state index in [0.29, 0.717) is 17.0 Å². The van der Waals surface area contributed by atoms with Gasteiger partial charge in [-0.25, -0.2) is 10.4 Å². The number of hydrogen-bond acceptors (Lipinski definition) is 5. The first-order valence-electron chi connectivity index (χ1n) is 7.98. The number of pyridine rings is 2. The lowest BCUT2D eigenvalue weighted by Crippen LogP contribution is -2.18. The molecule has 6 heteroatoms. The minimum Gasteiger partial charge on any atom is -0.463 e. The van der Waals surface area contributed by atoms with Gasteiger partial charge in [0.1, 0.15) is 5.76 Å². The van der Waals surface area contributed by atoms with Gasteiger partial charge in [-0.15, -0.1) is 0 Å². The third-order valence-electron chi connectivity index (χ3n) is 3.84. The number of para-hydroxylation sites is 1. The summed E-state index contributed by atoms with van der Waals surface area (Å²) >= 11 is 0.